The van der Waals surface area contributed by atoms with Crippen molar-refractivity contribution < 1.29 is 9.18 Å². The van der Waals surface area contributed by atoms with Gasteiger partial charge in [-0.25, -0.2) is 13.8 Å². The molecular weight excluding hydrogens is 409 g/mol. The van der Waals surface area contributed by atoms with Gasteiger partial charge >= 0.3 is 5.69 Å². The highest BCUT2D eigenvalue weighted by Crippen LogP contribution is 2.23. The van der Waals surface area contributed by atoms with E-state index in [1.807, 2.05) is 6.92 Å². The molecule has 1 amide bonds. The molecule has 0 saturated carbocycles. The first-order valence-corrected chi connectivity index (χ1v) is 10.3. The van der Waals surface area contributed by atoms with Crippen LogP contribution in [0.2, 0.25) is 5.02 Å². The Labute approximate surface area is 177 Å². The molecule has 0 aliphatic carbocycles. The van der Waals surface area contributed by atoms with Crippen LogP contribution in [0.5, 0.6) is 0 Å². The monoisotopic (exact) mass is 429 g/mol. The maximum absolute atomic E-state index is 13.7. The predicted octanol–water partition coefficient (Wildman–Crippen LogP) is 3.52. The molecule has 30 heavy (non-hydrogen) atoms. The lowest BCUT2D eigenvalue weighted by Gasteiger charge is -2.25. The van der Waals surface area contributed by atoms with E-state index >= 15 is 0 Å². The second-order valence-electron chi connectivity index (χ2n) is 7.37. The number of aromatic nitrogens is 2. The summed E-state index contributed by atoms with van der Waals surface area (Å²) in [4.78, 5) is 41.7. The third kappa shape index (κ3) is 3.33. The van der Waals surface area contributed by atoms with Crippen LogP contribution in [-0.2, 0) is 4.79 Å². The zero-order valence-electron chi connectivity index (χ0n) is 16.5. The lowest BCUT2D eigenvalue weighted by molar-refractivity contribution is -0.133. The van der Waals surface area contributed by atoms with Crippen molar-refractivity contribution in [3.05, 3.63) is 74.1 Å². The third-order valence-electron chi connectivity index (χ3n) is 5.56. The molecule has 1 aromatic heterocycles. The number of para-hydroxylation sites is 1. The minimum atomic E-state index is -0.747. The number of fused-ring (bicyclic) bond motifs is 1. The Hall–Kier alpha value is -2.93. The first-order valence-electron chi connectivity index (χ1n) is 9.94. The van der Waals surface area contributed by atoms with Gasteiger partial charge in [-0.05, 0) is 49.6 Å². The molecule has 1 aliphatic rings. The van der Waals surface area contributed by atoms with Crippen LogP contribution in [0.3, 0.4) is 0 Å². The Morgan fingerprint density at radius 3 is 2.50 bits per heavy atom. The number of rotatable bonds is 4. The normalized spacial score (nSPS) is 15.0. The van der Waals surface area contributed by atoms with Crippen molar-refractivity contribution in [3.63, 3.8) is 0 Å². The van der Waals surface area contributed by atoms with Gasteiger partial charge in [-0.3, -0.25) is 14.2 Å². The van der Waals surface area contributed by atoms with Crippen LogP contribution < -0.4 is 11.2 Å². The van der Waals surface area contributed by atoms with E-state index in [9.17, 15) is 18.8 Å². The van der Waals surface area contributed by atoms with Gasteiger partial charge in [-0.15, -0.1) is 0 Å². The molecule has 0 bridgehead atoms. The molecule has 3 aromatic rings. The molecule has 4 rings (SSSR count). The molecule has 1 unspecified atom stereocenters. The van der Waals surface area contributed by atoms with E-state index in [0.717, 1.165) is 23.5 Å². The molecule has 1 atom stereocenters. The van der Waals surface area contributed by atoms with E-state index in [1.165, 1.54) is 16.7 Å². The minimum absolute atomic E-state index is 0.135. The predicted molar refractivity (Wildman–Crippen MR) is 114 cm³/mol. The lowest BCUT2D eigenvalue weighted by atomic mass is 10.1. The fourth-order valence-corrected chi connectivity index (χ4v) is 4.23. The number of carbonyl (C=O) groups is 1. The maximum atomic E-state index is 13.7. The number of likely N-dealkylation sites (tertiary alicyclic amines) is 1. The standard InChI is InChI=1S/C22H21ClFN3O3/c1-2-18(21(29)25-11-5-6-12-25)27-19-8-4-3-7-15(19)20(28)26(22(27)30)14-9-10-17(24)16(23)13-14/h3-4,7-10,13,18H,2,5-6,11-12H2,1H3. The van der Waals surface area contributed by atoms with Crippen molar-refractivity contribution in [2.75, 3.05) is 13.1 Å². The molecule has 1 saturated heterocycles. The van der Waals surface area contributed by atoms with Gasteiger partial charge in [0.05, 0.1) is 21.6 Å². The highest BCUT2D eigenvalue weighted by molar-refractivity contribution is 6.30. The Kier molecular flexibility index (Phi) is 5.47. The van der Waals surface area contributed by atoms with Gasteiger partial charge < -0.3 is 4.90 Å². The Bertz CT molecular complexity index is 1240. The summed E-state index contributed by atoms with van der Waals surface area (Å²) in [6.45, 7) is 3.16. The molecule has 1 fully saturated rings. The summed E-state index contributed by atoms with van der Waals surface area (Å²) in [6, 6.07) is 9.63. The Balaban J connectivity index is 2.01. The molecular formula is C22H21ClFN3O3. The van der Waals surface area contributed by atoms with E-state index in [4.69, 9.17) is 11.6 Å². The van der Waals surface area contributed by atoms with Gasteiger partial charge in [0.15, 0.2) is 0 Å². The average molecular weight is 430 g/mol. The zero-order valence-corrected chi connectivity index (χ0v) is 17.2. The Morgan fingerprint density at radius 2 is 1.83 bits per heavy atom. The summed E-state index contributed by atoms with van der Waals surface area (Å²) >= 11 is 5.89. The number of carbonyl (C=O) groups excluding carboxylic acids is 1. The van der Waals surface area contributed by atoms with Crippen molar-refractivity contribution in [2.45, 2.75) is 32.2 Å². The van der Waals surface area contributed by atoms with Crippen LogP contribution in [0.1, 0.15) is 32.2 Å². The second-order valence-corrected chi connectivity index (χ2v) is 7.77. The van der Waals surface area contributed by atoms with E-state index in [2.05, 4.69) is 0 Å². The molecule has 156 valence electrons. The number of amides is 1. The van der Waals surface area contributed by atoms with Gasteiger partial charge in [0.1, 0.15) is 11.9 Å². The summed E-state index contributed by atoms with van der Waals surface area (Å²) in [7, 11) is 0. The van der Waals surface area contributed by atoms with Crippen molar-refractivity contribution in [2.24, 2.45) is 0 Å². The molecule has 1 aliphatic heterocycles. The van der Waals surface area contributed by atoms with Gasteiger partial charge in [-0.2, -0.15) is 0 Å². The third-order valence-corrected chi connectivity index (χ3v) is 5.85. The number of benzene rings is 2. The van der Waals surface area contributed by atoms with E-state index in [0.29, 0.717) is 30.4 Å². The fourth-order valence-electron chi connectivity index (χ4n) is 4.05. The Morgan fingerprint density at radius 1 is 1.13 bits per heavy atom. The molecule has 0 N–H and O–H groups in total. The highest BCUT2D eigenvalue weighted by atomic mass is 35.5. The SMILES string of the molecule is CCC(C(=O)N1CCCC1)n1c(=O)n(-c2ccc(F)c(Cl)c2)c(=O)c2ccccc21. The summed E-state index contributed by atoms with van der Waals surface area (Å²) in [6.07, 6.45) is 2.26. The number of nitrogens with zero attached hydrogens (tertiary/aromatic N) is 3. The largest absolute Gasteiger partial charge is 0.341 e. The summed E-state index contributed by atoms with van der Waals surface area (Å²) in [5.41, 5.74) is -0.644. The topological polar surface area (TPSA) is 64.3 Å². The number of hydrogen-bond donors (Lipinski definition) is 0. The van der Waals surface area contributed by atoms with Gasteiger partial charge in [0, 0.05) is 13.1 Å². The van der Waals surface area contributed by atoms with Gasteiger partial charge in [0.2, 0.25) is 5.91 Å². The van der Waals surface area contributed by atoms with Crippen LogP contribution in [0.25, 0.3) is 16.6 Å². The quantitative estimate of drug-likeness (QED) is 0.637. The molecule has 8 heteroatoms. The van der Waals surface area contributed by atoms with Crippen LogP contribution in [0, 0.1) is 5.82 Å². The minimum Gasteiger partial charge on any atom is -0.341 e. The first kappa shape index (κ1) is 20.3. The number of halogens is 2. The highest BCUT2D eigenvalue weighted by Gasteiger charge is 2.30. The summed E-state index contributed by atoms with van der Waals surface area (Å²) in [5.74, 6) is -0.783. The van der Waals surface area contributed by atoms with Gasteiger partial charge in [-0.1, -0.05) is 30.7 Å². The van der Waals surface area contributed by atoms with E-state index in [-0.39, 0.29) is 16.6 Å². The van der Waals surface area contributed by atoms with Crippen LogP contribution in [0.4, 0.5) is 4.39 Å². The molecule has 0 radical (unpaired) electrons. The average Bonchev–Trinajstić information content (AvgIpc) is 3.28. The number of hydrogen-bond acceptors (Lipinski definition) is 3. The van der Waals surface area contributed by atoms with Crippen LogP contribution in [0.15, 0.2) is 52.1 Å². The zero-order chi connectivity index (χ0) is 21.4. The molecule has 6 nitrogen and oxygen atoms in total. The van der Waals surface area contributed by atoms with Crippen LogP contribution >= 0.6 is 11.6 Å². The van der Waals surface area contributed by atoms with E-state index in [1.54, 1.807) is 29.2 Å². The van der Waals surface area contributed by atoms with Crippen molar-refractivity contribution in [1.29, 1.82) is 0 Å². The van der Waals surface area contributed by atoms with Crippen LogP contribution in [-0.4, -0.2) is 33.0 Å². The van der Waals surface area contributed by atoms with E-state index < -0.39 is 23.1 Å². The summed E-state index contributed by atoms with van der Waals surface area (Å²) < 4.78 is 16.0. The van der Waals surface area contributed by atoms with Crippen molar-refractivity contribution in [1.82, 2.24) is 14.0 Å². The summed E-state index contributed by atoms with van der Waals surface area (Å²) in [5, 5.41) is 0.101. The molecule has 0 spiro atoms. The first-order chi connectivity index (χ1) is 14.4. The van der Waals surface area contributed by atoms with Crippen molar-refractivity contribution in [3.8, 4) is 5.69 Å². The molecule has 2 aromatic carbocycles. The van der Waals surface area contributed by atoms with Crippen molar-refractivity contribution >= 4 is 28.4 Å². The molecule has 2 heterocycles. The lowest BCUT2D eigenvalue weighted by Crippen LogP contribution is -2.45. The maximum Gasteiger partial charge on any atom is 0.336 e. The fraction of sp³-hybridized carbons (Fsp3) is 0.318. The smallest absolute Gasteiger partial charge is 0.336 e. The second kappa shape index (κ2) is 8.07. The van der Waals surface area contributed by atoms with Gasteiger partial charge in [0.25, 0.3) is 5.56 Å².